The second-order valence-electron chi connectivity index (χ2n) is 7.61. The van der Waals surface area contributed by atoms with E-state index in [-0.39, 0.29) is 11.6 Å². The van der Waals surface area contributed by atoms with Crippen molar-refractivity contribution in [2.45, 2.75) is 19.8 Å². The van der Waals surface area contributed by atoms with E-state index in [1.807, 2.05) is 41.8 Å². The van der Waals surface area contributed by atoms with Crippen molar-refractivity contribution >= 4 is 40.1 Å². The largest absolute Gasteiger partial charge is 0.497 e. The van der Waals surface area contributed by atoms with Gasteiger partial charge in [0, 0.05) is 10.9 Å². The molecule has 6 nitrogen and oxygen atoms in total. The summed E-state index contributed by atoms with van der Waals surface area (Å²) in [6.45, 7) is 4.20. The maximum absolute atomic E-state index is 13.5. The summed E-state index contributed by atoms with van der Waals surface area (Å²) in [6, 6.07) is 16.5. The number of methoxy groups -OCH3 is 2. The van der Waals surface area contributed by atoms with Crippen molar-refractivity contribution in [1.82, 2.24) is 0 Å². The van der Waals surface area contributed by atoms with Crippen molar-refractivity contribution in [2.75, 3.05) is 24.4 Å². The number of carbonyl (C=O) groups is 2. The van der Waals surface area contributed by atoms with Crippen molar-refractivity contribution < 1.29 is 19.1 Å². The Kier molecular flexibility index (Phi) is 6.01. The van der Waals surface area contributed by atoms with Crippen LogP contribution in [0.1, 0.15) is 30.2 Å². The summed E-state index contributed by atoms with van der Waals surface area (Å²) in [7, 11) is 3.11. The second-order valence-corrected chi connectivity index (χ2v) is 8.56. The van der Waals surface area contributed by atoms with Crippen molar-refractivity contribution in [3.63, 3.8) is 0 Å². The van der Waals surface area contributed by atoms with E-state index in [4.69, 9.17) is 9.47 Å². The average Bonchev–Trinajstić information content (AvgIpc) is 3.40. The summed E-state index contributed by atoms with van der Waals surface area (Å²) in [6.07, 6.45) is 0. The molecule has 0 saturated heterocycles. The first-order valence-corrected chi connectivity index (χ1v) is 11.1. The first-order valence-electron chi connectivity index (χ1n) is 10.2. The van der Waals surface area contributed by atoms with Crippen molar-refractivity contribution in [3.8, 4) is 11.5 Å². The number of thiophene rings is 1. The lowest BCUT2D eigenvalue weighted by Gasteiger charge is -2.17. The molecule has 0 atom stereocenters. The highest BCUT2D eigenvalue weighted by molar-refractivity contribution is 7.11. The van der Waals surface area contributed by atoms with Crippen LogP contribution in [-0.2, 0) is 9.59 Å². The Balaban J connectivity index is 1.76. The van der Waals surface area contributed by atoms with E-state index in [1.54, 1.807) is 32.4 Å². The summed E-state index contributed by atoms with van der Waals surface area (Å²) in [4.78, 5) is 28.9. The van der Waals surface area contributed by atoms with Crippen LogP contribution in [0.3, 0.4) is 0 Å². The second kappa shape index (κ2) is 8.88. The van der Waals surface area contributed by atoms with Crippen LogP contribution < -0.4 is 19.7 Å². The van der Waals surface area contributed by atoms with Crippen LogP contribution in [0, 0.1) is 0 Å². The number of carbonyl (C=O) groups excluding carboxylic acids is 2. The molecular weight excluding hydrogens is 424 g/mol. The smallest absolute Gasteiger partial charge is 0.282 e. The topological polar surface area (TPSA) is 67.9 Å². The van der Waals surface area contributed by atoms with Crippen LogP contribution >= 0.6 is 11.3 Å². The molecule has 2 heterocycles. The molecule has 0 unspecified atom stereocenters. The monoisotopic (exact) mass is 448 g/mol. The molecule has 2 aromatic carbocycles. The molecule has 2 amide bonds. The van der Waals surface area contributed by atoms with Crippen molar-refractivity contribution in [2.24, 2.45) is 0 Å². The zero-order chi connectivity index (χ0) is 22.8. The van der Waals surface area contributed by atoms with Gasteiger partial charge in [-0.05, 0) is 47.2 Å². The van der Waals surface area contributed by atoms with Gasteiger partial charge in [0.2, 0.25) is 0 Å². The van der Waals surface area contributed by atoms with E-state index < -0.39 is 5.91 Å². The quantitative estimate of drug-likeness (QED) is 0.498. The minimum Gasteiger partial charge on any atom is -0.497 e. The standard InChI is InChI=1S/C25H24N2O4S/c1-15(2)16-7-9-17(10-8-16)27-24(28)22(21-6-5-13-32-21)23(25(27)29)26-19-12-11-18(30-3)14-20(19)31-4/h5-15,26H,1-4H3. The number of anilines is 2. The van der Waals surface area contributed by atoms with Crippen LogP contribution in [0.25, 0.3) is 5.57 Å². The van der Waals surface area contributed by atoms with Crippen molar-refractivity contribution in [3.05, 3.63) is 76.1 Å². The van der Waals surface area contributed by atoms with Crippen molar-refractivity contribution in [1.29, 1.82) is 0 Å². The van der Waals surface area contributed by atoms with Gasteiger partial charge < -0.3 is 14.8 Å². The SMILES string of the molecule is COc1ccc(NC2=C(c3cccs3)C(=O)N(c3ccc(C(C)C)cc3)C2=O)c(OC)c1. The molecule has 0 spiro atoms. The molecule has 3 aromatic rings. The molecule has 0 radical (unpaired) electrons. The lowest BCUT2D eigenvalue weighted by atomic mass is 10.0. The van der Waals surface area contributed by atoms with Gasteiger partial charge in [0.1, 0.15) is 17.2 Å². The molecule has 0 aliphatic carbocycles. The normalized spacial score (nSPS) is 13.8. The molecule has 1 aromatic heterocycles. The number of benzene rings is 2. The number of ether oxygens (including phenoxy) is 2. The zero-order valence-corrected chi connectivity index (χ0v) is 19.2. The summed E-state index contributed by atoms with van der Waals surface area (Å²) in [5, 5.41) is 5.03. The number of imide groups is 1. The highest BCUT2D eigenvalue weighted by atomic mass is 32.1. The van der Waals surface area contributed by atoms with Gasteiger partial charge >= 0.3 is 0 Å². The Labute approximate surface area is 191 Å². The average molecular weight is 449 g/mol. The van der Waals surface area contributed by atoms with E-state index in [0.717, 1.165) is 10.4 Å². The minimum absolute atomic E-state index is 0.217. The molecule has 7 heteroatoms. The fraction of sp³-hybridized carbons (Fsp3) is 0.200. The predicted molar refractivity (Wildman–Crippen MR) is 127 cm³/mol. The van der Waals surface area contributed by atoms with E-state index in [2.05, 4.69) is 19.2 Å². The third-order valence-electron chi connectivity index (χ3n) is 5.34. The van der Waals surface area contributed by atoms with Gasteiger partial charge in [0.15, 0.2) is 0 Å². The van der Waals surface area contributed by atoms with Gasteiger partial charge in [-0.1, -0.05) is 32.0 Å². The molecule has 0 bridgehead atoms. The Morgan fingerprint density at radius 1 is 0.938 bits per heavy atom. The fourth-order valence-corrected chi connectivity index (χ4v) is 4.34. The molecule has 1 aliphatic heterocycles. The molecular formula is C25H24N2O4S. The number of hydrogen-bond acceptors (Lipinski definition) is 6. The Hall–Kier alpha value is -3.58. The molecule has 0 saturated carbocycles. The molecule has 164 valence electrons. The summed E-state index contributed by atoms with van der Waals surface area (Å²) in [5.74, 6) is 0.717. The summed E-state index contributed by atoms with van der Waals surface area (Å²) >= 11 is 1.41. The number of rotatable bonds is 7. The molecule has 0 fully saturated rings. The van der Waals surface area contributed by atoms with Crippen LogP contribution in [0.2, 0.25) is 0 Å². The van der Waals surface area contributed by atoms with Gasteiger partial charge in [-0.2, -0.15) is 0 Å². The minimum atomic E-state index is -0.409. The first-order chi connectivity index (χ1) is 15.4. The van der Waals surface area contributed by atoms with Gasteiger partial charge in [-0.15, -0.1) is 11.3 Å². The Morgan fingerprint density at radius 2 is 1.69 bits per heavy atom. The number of nitrogens with one attached hydrogen (secondary N) is 1. The van der Waals surface area contributed by atoms with E-state index >= 15 is 0 Å². The highest BCUT2D eigenvalue weighted by Gasteiger charge is 2.41. The lowest BCUT2D eigenvalue weighted by Crippen LogP contribution is -2.32. The van der Waals surface area contributed by atoms with Crippen LogP contribution in [0.15, 0.2) is 65.7 Å². The van der Waals surface area contributed by atoms with Gasteiger partial charge in [-0.3, -0.25) is 9.59 Å². The third-order valence-corrected chi connectivity index (χ3v) is 6.23. The van der Waals surface area contributed by atoms with Gasteiger partial charge in [0.05, 0.1) is 31.2 Å². The lowest BCUT2D eigenvalue weighted by molar-refractivity contribution is -0.120. The van der Waals surface area contributed by atoms with Gasteiger partial charge in [-0.25, -0.2) is 4.90 Å². The van der Waals surface area contributed by atoms with E-state index in [1.165, 1.54) is 16.2 Å². The van der Waals surface area contributed by atoms with Crippen LogP contribution in [0.4, 0.5) is 11.4 Å². The highest BCUT2D eigenvalue weighted by Crippen LogP contribution is 2.38. The molecule has 1 aliphatic rings. The third kappa shape index (κ3) is 3.87. The fourth-order valence-electron chi connectivity index (χ4n) is 3.57. The van der Waals surface area contributed by atoms with Gasteiger partial charge in [0.25, 0.3) is 11.8 Å². The molecule has 32 heavy (non-hydrogen) atoms. The number of hydrogen-bond donors (Lipinski definition) is 1. The molecule has 4 rings (SSSR count). The Morgan fingerprint density at radius 3 is 2.28 bits per heavy atom. The molecule has 1 N–H and O–H groups in total. The van der Waals surface area contributed by atoms with Crippen LogP contribution in [-0.4, -0.2) is 26.0 Å². The number of nitrogens with zero attached hydrogens (tertiary/aromatic N) is 1. The first kappa shape index (κ1) is 21.6. The van der Waals surface area contributed by atoms with Crippen LogP contribution in [0.5, 0.6) is 11.5 Å². The summed E-state index contributed by atoms with van der Waals surface area (Å²) in [5.41, 5.74) is 2.80. The maximum Gasteiger partial charge on any atom is 0.282 e. The summed E-state index contributed by atoms with van der Waals surface area (Å²) < 4.78 is 10.7. The predicted octanol–water partition coefficient (Wildman–Crippen LogP) is 5.29. The zero-order valence-electron chi connectivity index (χ0n) is 18.3. The van der Waals surface area contributed by atoms with E-state index in [0.29, 0.717) is 34.4 Å². The van der Waals surface area contributed by atoms with E-state index in [9.17, 15) is 9.59 Å². The Bertz CT molecular complexity index is 1180. The number of amides is 2. The maximum atomic E-state index is 13.5.